The maximum absolute atomic E-state index is 11.7. The molecule has 0 spiro atoms. The Balaban J connectivity index is 1.85. The number of ketones is 1. The molecule has 1 aromatic carbocycles. The van der Waals surface area contributed by atoms with Crippen LogP contribution in [0.1, 0.15) is 18.4 Å². The summed E-state index contributed by atoms with van der Waals surface area (Å²) in [5.41, 5.74) is 1.01. The van der Waals surface area contributed by atoms with Crippen LogP contribution in [0.15, 0.2) is 42.5 Å². The first kappa shape index (κ1) is 11.6. The largest absolute Gasteiger partial charge is 0.350 e. The molecule has 1 aliphatic rings. The van der Waals surface area contributed by atoms with E-state index in [0.29, 0.717) is 12.8 Å². The fourth-order valence-electron chi connectivity index (χ4n) is 1.86. The van der Waals surface area contributed by atoms with Crippen LogP contribution in [0.4, 0.5) is 0 Å². The number of rotatable bonds is 4. The van der Waals surface area contributed by atoms with Crippen molar-refractivity contribution in [1.82, 2.24) is 5.32 Å². The van der Waals surface area contributed by atoms with Gasteiger partial charge >= 0.3 is 0 Å². The first-order chi connectivity index (χ1) is 8.24. The van der Waals surface area contributed by atoms with Gasteiger partial charge in [0, 0.05) is 18.9 Å². The van der Waals surface area contributed by atoms with Crippen molar-refractivity contribution in [3.63, 3.8) is 0 Å². The van der Waals surface area contributed by atoms with Crippen molar-refractivity contribution in [3.05, 3.63) is 48.0 Å². The highest BCUT2D eigenvalue weighted by Gasteiger charge is 2.17. The molecule has 17 heavy (non-hydrogen) atoms. The molecule has 1 atom stereocenters. The molecule has 1 aliphatic heterocycles. The molecule has 1 heterocycles. The molecule has 2 rings (SSSR count). The summed E-state index contributed by atoms with van der Waals surface area (Å²) in [5.74, 6) is 0.132. The minimum absolute atomic E-state index is 0.0298. The Morgan fingerprint density at radius 3 is 2.76 bits per heavy atom. The Morgan fingerprint density at radius 1 is 1.35 bits per heavy atom. The van der Waals surface area contributed by atoms with E-state index in [-0.39, 0.29) is 17.7 Å². The summed E-state index contributed by atoms with van der Waals surface area (Å²) in [6, 6.07) is 9.67. The molecule has 3 heteroatoms. The van der Waals surface area contributed by atoms with Gasteiger partial charge in [-0.3, -0.25) is 9.59 Å². The molecule has 0 bridgehead atoms. The summed E-state index contributed by atoms with van der Waals surface area (Å²) in [7, 11) is 0. The van der Waals surface area contributed by atoms with Crippen LogP contribution in [0.2, 0.25) is 0 Å². The van der Waals surface area contributed by atoms with Crippen molar-refractivity contribution < 1.29 is 9.59 Å². The molecule has 1 amide bonds. The fraction of sp³-hybridized carbons (Fsp3) is 0.286. The highest BCUT2D eigenvalue weighted by molar-refractivity contribution is 5.91. The van der Waals surface area contributed by atoms with Gasteiger partial charge in [-0.1, -0.05) is 36.4 Å². The molecular weight excluding hydrogens is 214 g/mol. The highest BCUT2D eigenvalue weighted by Crippen LogP contribution is 2.08. The maximum Gasteiger partial charge on any atom is 0.220 e. The zero-order valence-corrected chi connectivity index (χ0v) is 9.56. The summed E-state index contributed by atoms with van der Waals surface area (Å²) in [5, 5.41) is 2.80. The topological polar surface area (TPSA) is 46.2 Å². The molecule has 1 fully saturated rings. The highest BCUT2D eigenvalue weighted by atomic mass is 16.2. The predicted molar refractivity (Wildman–Crippen MR) is 65.5 cm³/mol. The van der Waals surface area contributed by atoms with Gasteiger partial charge in [0.15, 0.2) is 5.78 Å². The van der Waals surface area contributed by atoms with E-state index in [9.17, 15) is 9.59 Å². The van der Waals surface area contributed by atoms with Crippen molar-refractivity contribution in [1.29, 1.82) is 0 Å². The second-order valence-electron chi connectivity index (χ2n) is 4.20. The van der Waals surface area contributed by atoms with Crippen LogP contribution in [0.25, 0.3) is 0 Å². The maximum atomic E-state index is 11.7. The van der Waals surface area contributed by atoms with Crippen LogP contribution < -0.4 is 5.32 Å². The van der Waals surface area contributed by atoms with E-state index >= 15 is 0 Å². The summed E-state index contributed by atoms with van der Waals surface area (Å²) in [6.45, 7) is 0. The average Bonchev–Trinajstić information content (AvgIpc) is 2.74. The molecule has 0 saturated carbocycles. The summed E-state index contributed by atoms with van der Waals surface area (Å²) < 4.78 is 0. The van der Waals surface area contributed by atoms with Gasteiger partial charge in [0.1, 0.15) is 0 Å². The zero-order valence-electron chi connectivity index (χ0n) is 9.56. The Labute approximate surface area is 101 Å². The monoisotopic (exact) mass is 229 g/mol. The molecule has 3 nitrogen and oxygen atoms in total. The molecule has 0 aliphatic carbocycles. The van der Waals surface area contributed by atoms with Gasteiger partial charge in [-0.25, -0.2) is 0 Å². The van der Waals surface area contributed by atoms with Crippen molar-refractivity contribution in [2.75, 3.05) is 0 Å². The van der Waals surface area contributed by atoms with E-state index in [2.05, 4.69) is 5.32 Å². The van der Waals surface area contributed by atoms with Crippen LogP contribution >= 0.6 is 0 Å². The van der Waals surface area contributed by atoms with E-state index in [1.165, 1.54) is 0 Å². The van der Waals surface area contributed by atoms with E-state index in [1.807, 2.05) is 30.3 Å². The van der Waals surface area contributed by atoms with Gasteiger partial charge < -0.3 is 5.32 Å². The molecule has 1 saturated heterocycles. The predicted octanol–water partition coefficient (Wildman–Crippen LogP) is 1.63. The number of nitrogens with one attached hydrogen (secondary N) is 1. The number of hydrogen-bond donors (Lipinski definition) is 1. The lowest BCUT2D eigenvalue weighted by molar-refractivity contribution is -0.119. The lowest BCUT2D eigenvalue weighted by Gasteiger charge is -2.02. The molecule has 1 N–H and O–H groups in total. The zero-order chi connectivity index (χ0) is 12.1. The minimum Gasteiger partial charge on any atom is -0.350 e. The standard InChI is InChI=1S/C14H15NO2/c16-13(10-11-4-2-1-3-5-11)8-6-12-7-9-14(17)15-12/h1-6,8,12H,7,9-10H2,(H,15,17)/t12-/m0/s1. The van der Waals surface area contributed by atoms with Crippen LogP contribution in [0.5, 0.6) is 0 Å². The molecule has 1 aromatic rings. The third-order valence-electron chi connectivity index (χ3n) is 2.76. The number of benzene rings is 1. The van der Waals surface area contributed by atoms with E-state index in [4.69, 9.17) is 0 Å². The number of hydrogen-bond acceptors (Lipinski definition) is 2. The Kier molecular flexibility index (Phi) is 3.70. The van der Waals surface area contributed by atoms with Gasteiger partial charge in [-0.15, -0.1) is 0 Å². The molecule has 0 radical (unpaired) electrons. The number of carbonyl (C=O) groups is 2. The lowest BCUT2D eigenvalue weighted by Crippen LogP contribution is -2.23. The van der Waals surface area contributed by atoms with Gasteiger partial charge in [-0.05, 0) is 18.1 Å². The first-order valence-electron chi connectivity index (χ1n) is 5.78. The smallest absolute Gasteiger partial charge is 0.220 e. The quantitative estimate of drug-likeness (QED) is 0.798. The average molecular weight is 229 g/mol. The van der Waals surface area contributed by atoms with Crippen molar-refractivity contribution in [2.24, 2.45) is 0 Å². The lowest BCUT2D eigenvalue weighted by atomic mass is 10.1. The molecule has 88 valence electrons. The normalized spacial score (nSPS) is 19.5. The van der Waals surface area contributed by atoms with Crippen molar-refractivity contribution in [2.45, 2.75) is 25.3 Å². The first-order valence-corrected chi connectivity index (χ1v) is 5.78. The van der Waals surface area contributed by atoms with Gasteiger partial charge in [0.05, 0.1) is 0 Å². The van der Waals surface area contributed by atoms with Crippen LogP contribution in [0, 0.1) is 0 Å². The SMILES string of the molecule is O=C(C=C[C@H]1CCC(=O)N1)Cc1ccccc1. The van der Waals surface area contributed by atoms with E-state index < -0.39 is 0 Å². The third kappa shape index (κ3) is 3.55. The fourth-order valence-corrected chi connectivity index (χ4v) is 1.86. The van der Waals surface area contributed by atoms with Gasteiger partial charge in [0.25, 0.3) is 0 Å². The molecular formula is C14H15NO2. The Hall–Kier alpha value is -1.90. The van der Waals surface area contributed by atoms with Crippen LogP contribution in [-0.2, 0) is 16.0 Å². The van der Waals surface area contributed by atoms with Crippen molar-refractivity contribution >= 4 is 11.7 Å². The molecule has 0 unspecified atom stereocenters. The number of allylic oxidation sites excluding steroid dienone is 1. The van der Waals surface area contributed by atoms with E-state index in [0.717, 1.165) is 12.0 Å². The second kappa shape index (κ2) is 5.43. The summed E-state index contributed by atoms with van der Waals surface area (Å²) >= 11 is 0. The van der Waals surface area contributed by atoms with Crippen LogP contribution in [0.3, 0.4) is 0 Å². The van der Waals surface area contributed by atoms with Gasteiger partial charge in [-0.2, -0.15) is 0 Å². The molecule has 0 aromatic heterocycles. The van der Waals surface area contributed by atoms with E-state index in [1.54, 1.807) is 12.2 Å². The summed E-state index contributed by atoms with van der Waals surface area (Å²) in [4.78, 5) is 22.6. The number of amides is 1. The minimum atomic E-state index is 0.0298. The van der Waals surface area contributed by atoms with Crippen LogP contribution in [-0.4, -0.2) is 17.7 Å². The Morgan fingerprint density at radius 2 is 2.12 bits per heavy atom. The Bertz CT molecular complexity index is 437. The third-order valence-corrected chi connectivity index (χ3v) is 2.76. The van der Waals surface area contributed by atoms with Crippen molar-refractivity contribution in [3.8, 4) is 0 Å². The van der Waals surface area contributed by atoms with Gasteiger partial charge in [0.2, 0.25) is 5.91 Å². The number of carbonyl (C=O) groups excluding carboxylic acids is 2. The second-order valence-corrected chi connectivity index (χ2v) is 4.20. The summed E-state index contributed by atoms with van der Waals surface area (Å²) in [6.07, 6.45) is 5.12.